The third kappa shape index (κ3) is 11.4. The zero-order valence-corrected chi connectivity index (χ0v) is 20.4. The Morgan fingerprint density at radius 3 is 1.83 bits per heavy atom. The summed E-state index contributed by atoms with van der Waals surface area (Å²) in [7, 11) is 0. The molecule has 2 rings (SSSR count). The molecule has 1 heteroatoms. The van der Waals surface area contributed by atoms with Crippen LogP contribution in [0, 0.1) is 23.7 Å². The Labute approximate surface area is 183 Å². The van der Waals surface area contributed by atoms with E-state index in [-0.39, 0.29) is 0 Å². The first-order chi connectivity index (χ1) is 14.0. The molecule has 170 valence electrons. The molecular formula is C28H52O. The number of rotatable bonds is 11. The van der Waals surface area contributed by atoms with Crippen molar-refractivity contribution in [1.82, 2.24) is 0 Å². The summed E-state index contributed by atoms with van der Waals surface area (Å²) in [5, 5.41) is 0. The summed E-state index contributed by atoms with van der Waals surface area (Å²) in [6.45, 7) is 12.8. The highest BCUT2D eigenvalue weighted by Gasteiger charge is 2.26. The van der Waals surface area contributed by atoms with Crippen LogP contribution in [0.15, 0.2) is 12.2 Å². The van der Waals surface area contributed by atoms with Gasteiger partial charge in [-0.25, -0.2) is 0 Å². The molecule has 2 saturated carbocycles. The molecular weight excluding hydrogens is 352 g/mol. The van der Waals surface area contributed by atoms with E-state index < -0.39 is 0 Å². The van der Waals surface area contributed by atoms with Crippen LogP contribution in [-0.2, 0) is 4.79 Å². The first kappa shape index (κ1) is 26.4. The van der Waals surface area contributed by atoms with Crippen molar-refractivity contribution >= 4 is 5.78 Å². The fourth-order valence-electron chi connectivity index (χ4n) is 5.72. The van der Waals surface area contributed by atoms with Crippen molar-refractivity contribution in [3.05, 3.63) is 12.2 Å². The Morgan fingerprint density at radius 1 is 0.759 bits per heavy atom. The normalized spacial score (nSPS) is 27.0. The highest BCUT2D eigenvalue weighted by molar-refractivity contribution is 5.78. The maximum Gasteiger partial charge on any atom is 0.133 e. The van der Waals surface area contributed by atoms with E-state index in [0.29, 0.717) is 18.1 Å². The van der Waals surface area contributed by atoms with Gasteiger partial charge in [-0.05, 0) is 43.4 Å². The van der Waals surface area contributed by atoms with Gasteiger partial charge in [0.2, 0.25) is 0 Å². The highest BCUT2D eigenvalue weighted by Crippen LogP contribution is 2.36. The average Bonchev–Trinajstić information content (AvgIpc) is 2.73. The van der Waals surface area contributed by atoms with E-state index in [1.54, 1.807) is 0 Å². The van der Waals surface area contributed by atoms with Crippen LogP contribution in [0.4, 0.5) is 0 Å². The summed E-state index contributed by atoms with van der Waals surface area (Å²) in [6, 6.07) is 0. The van der Waals surface area contributed by atoms with Gasteiger partial charge >= 0.3 is 0 Å². The molecule has 2 fully saturated rings. The van der Waals surface area contributed by atoms with E-state index in [9.17, 15) is 4.79 Å². The molecule has 0 bridgehead atoms. The van der Waals surface area contributed by atoms with E-state index in [4.69, 9.17) is 0 Å². The van der Waals surface area contributed by atoms with Gasteiger partial charge in [-0.2, -0.15) is 0 Å². The number of ketones is 1. The smallest absolute Gasteiger partial charge is 0.133 e. The van der Waals surface area contributed by atoms with Crippen LogP contribution in [0.25, 0.3) is 0 Å². The van der Waals surface area contributed by atoms with Gasteiger partial charge in [0, 0.05) is 12.8 Å². The topological polar surface area (TPSA) is 17.1 Å². The van der Waals surface area contributed by atoms with Crippen LogP contribution < -0.4 is 0 Å². The van der Waals surface area contributed by atoms with Crippen molar-refractivity contribution in [3.63, 3.8) is 0 Å². The Balaban J connectivity index is 0.000000326. The monoisotopic (exact) mass is 404 g/mol. The molecule has 0 aromatic heterocycles. The van der Waals surface area contributed by atoms with Gasteiger partial charge in [-0.3, -0.25) is 4.79 Å². The number of carbonyl (C=O) groups excluding carboxylic acids is 1. The second kappa shape index (κ2) is 16.1. The average molecular weight is 405 g/mol. The highest BCUT2D eigenvalue weighted by atomic mass is 16.1. The van der Waals surface area contributed by atoms with Crippen molar-refractivity contribution in [2.75, 3.05) is 0 Å². The number of hydrogen-bond acceptors (Lipinski definition) is 1. The molecule has 0 aliphatic heterocycles. The first-order valence-corrected chi connectivity index (χ1v) is 13.2. The zero-order chi connectivity index (χ0) is 21.5. The van der Waals surface area contributed by atoms with Gasteiger partial charge < -0.3 is 0 Å². The largest absolute Gasteiger partial charge is 0.300 e. The molecule has 0 amide bonds. The van der Waals surface area contributed by atoms with Gasteiger partial charge in [0.05, 0.1) is 0 Å². The van der Waals surface area contributed by atoms with E-state index in [1.165, 1.54) is 89.9 Å². The van der Waals surface area contributed by atoms with Gasteiger partial charge in [-0.15, -0.1) is 6.58 Å². The fourth-order valence-corrected chi connectivity index (χ4v) is 5.72. The molecule has 2 aliphatic carbocycles. The second-order valence-corrected chi connectivity index (χ2v) is 10.1. The summed E-state index contributed by atoms with van der Waals surface area (Å²) in [4.78, 5) is 12.0. The Kier molecular flexibility index (Phi) is 14.7. The molecule has 0 radical (unpaired) electrons. The molecule has 0 aromatic rings. The van der Waals surface area contributed by atoms with Crippen LogP contribution in [0.3, 0.4) is 0 Å². The summed E-state index contributed by atoms with van der Waals surface area (Å²) in [6.07, 6.45) is 22.1. The Morgan fingerprint density at radius 2 is 1.31 bits per heavy atom. The lowest BCUT2D eigenvalue weighted by atomic mass is 9.74. The molecule has 1 nitrogen and oxygen atoms in total. The third-order valence-corrected chi connectivity index (χ3v) is 7.57. The lowest BCUT2D eigenvalue weighted by Gasteiger charge is -2.31. The van der Waals surface area contributed by atoms with Crippen LogP contribution >= 0.6 is 0 Å². The third-order valence-electron chi connectivity index (χ3n) is 7.57. The van der Waals surface area contributed by atoms with Crippen LogP contribution in [0.2, 0.25) is 0 Å². The fraction of sp³-hybridized carbons (Fsp3) is 0.893. The minimum Gasteiger partial charge on any atom is -0.300 e. The molecule has 0 aromatic carbocycles. The van der Waals surface area contributed by atoms with Crippen LogP contribution in [0.1, 0.15) is 137 Å². The SMILES string of the molecule is C=C(C)CCC(=O)CC1CCCCC1CCCC.CCCC1CCCCC1CC. The van der Waals surface area contributed by atoms with E-state index in [1.807, 2.05) is 6.92 Å². The lowest BCUT2D eigenvalue weighted by Crippen LogP contribution is -2.22. The Hall–Kier alpha value is -0.590. The maximum atomic E-state index is 12.0. The van der Waals surface area contributed by atoms with Gasteiger partial charge in [0.1, 0.15) is 5.78 Å². The minimum absolute atomic E-state index is 0.464. The number of carbonyl (C=O) groups is 1. The molecule has 29 heavy (non-hydrogen) atoms. The first-order valence-electron chi connectivity index (χ1n) is 13.2. The number of unbranched alkanes of at least 4 members (excludes halogenated alkanes) is 1. The standard InChI is InChI=1S/C17H30O.C11H22/c1-4-5-8-15-9-6-7-10-16(15)13-17(18)12-11-14(2)3;1-3-7-11-9-6-5-8-10(11)4-2/h15-16H,2,4-13H2,1,3H3;10-11H,3-9H2,1-2H3. The van der Waals surface area contributed by atoms with Crippen LogP contribution in [-0.4, -0.2) is 5.78 Å². The number of Topliss-reactive ketones (excluding diaryl/α,β-unsaturated/α-hetero) is 1. The quantitative estimate of drug-likeness (QED) is 0.313. The predicted octanol–water partition coefficient (Wildman–Crippen LogP) is 9.30. The van der Waals surface area contributed by atoms with Gasteiger partial charge in [0.25, 0.3) is 0 Å². The number of allylic oxidation sites excluding steroid dienone is 1. The van der Waals surface area contributed by atoms with Crippen molar-refractivity contribution in [2.24, 2.45) is 23.7 Å². The van der Waals surface area contributed by atoms with Gasteiger partial charge in [0.15, 0.2) is 0 Å². The summed E-state index contributed by atoms with van der Waals surface area (Å²) in [5.41, 5.74) is 1.13. The Bertz CT molecular complexity index is 436. The molecule has 0 saturated heterocycles. The summed E-state index contributed by atoms with van der Waals surface area (Å²) >= 11 is 0. The second-order valence-electron chi connectivity index (χ2n) is 10.1. The van der Waals surface area contributed by atoms with Gasteiger partial charge in [-0.1, -0.05) is 110 Å². The van der Waals surface area contributed by atoms with E-state index >= 15 is 0 Å². The zero-order valence-electron chi connectivity index (χ0n) is 20.4. The van der Waals surface area contributed by atoms with E-state index in [0.717, 1.165) is 36.2 Å². The molecule has 0 N–H and O–H groups in total. The lowest BCUT2D eigenvalue weighted by molar-refractivity contribution is -0.120. The van der Waals surface area contributed by atoms with Crippen molar-refractivity contribution < 1.29 is 4.79 Å². The number of hydrogen-bond donors (Lipinski definition) is 0. The molecule has 2 aliphatic rings. The van der Waals surface area contributed by atoms with Crippen LogP contribution in [0.5, 0.6) is 0 Å². The summed E-state index contributed by atoms with van der Waals surface area (Å²) < 4.78 is 0. The van der Waals surface area contributed by atoms with E-state index in [2.05, 4.69) is 27.4 Å². The van der Waals surface area contributed by atoms with Crippen molar-refractivity contribution in [2.45, 2.75) is 137 Å². The minimum atomic E-state index is 0.464. The van der Waals surface area contributed by atoms with Crippen molar-refractivity contribution in [3.8, 4) is 0 Å². The molecule has 0 heterocycles. The summed E-state index contributed by atoms with van der Waals surface area (Å²) in [5.74, 6) is 4.13. The molecule has 4 unspecified atom stereocenters. The van der Waals surface area contributed by atoms with Crippen molar-refractivity contribution in [1.29, 1.82) is 0 Å². The molecule has 0 spiro atoms. The molecule has 4 atom stereocenters. The predicted molar refractivity (Wildman–Crippen MR) is 129 cm³/mol. The maximum absolute atomic E-state index is 12.0.